The van der Waals surface area contributed by atoms with Gasteiger partial charge in [0, 0.05) is 6.07 Å². The number of hydrogen-bond acceptors (Lipinski definition) is 5. The fraction of sp³-hybridized carbons (Fsp3) is 0.0625. The monoisotopic (exact) mass is 296 g/mol. The second-order valence-electron chi connectivity index (χ2n) is 4.60. The van der Waals surface area contributed by atoms with Gasteiger partial charge in [0.15, 0.2) is 0 Å². The number of aliphatic hydroxyl groups is 1. The van der Waals surface area contributed by atoms with E-state index in [1.165, 1.54) is 12.4 Å². The van der Waals surface area contributed by atoms with Gasteiger partial charge in [-0.1, -0.05) is 12.1 Å². The number of carboxylic acids is 1. The van der Waals surface area contributed by atoms with Gasteiger partial charge in [-0.25, -0.2) is 14.8 Å². The number of benzene rings is 2. The summed E-state index contributed by atoms with van der Waals surface area (Å²) in [7, 11) is 0. The van der Waals surface area contributed by atoms with E-state index < -0.39 is 5.97 Å². The van der Waals surface area contributed by atoms with Crippen LogP contribution in [0.25, 0.3) is 10.8 Å². The Morgan fingerprint density at radius 3 is 2.77 bits per heavy atom. The Morgan fingerprint density at radius 2 is 2.00 bits per heavy atom. The summed E-state index contributed by atoms with van der Waals surface area (Å²) in [5.74, 6) is -0.131. The van der Waals surface area contributed by atoms with Crippen molar-refractivity contribution < 1.29 is 19.7 Å². The third-order valence-corrected chi connectivity index (χ3v) is 3.17. The fourth-order valence-corrected chi connectivity index (χ4v) is 2.15. The van der Waals surface area contributed by atoms with Crippen LogP contribution in [0.2, 0.25) is 0 Å². The first-order valence-electron chi connectivity index (χ1n) is 6.53. The first-order chi connectivity index (χ1) is 10.7. The van der Waals surface area contributed by atoms with Gasteiger partial charge >= 0.3 is 5.97 Å². The lowest BCUT2D eigenvalue weighted by atomic mass is 10.0. The van der Waals surface area contributed by atoms with Crippen LogP contribution in [0.4, 0.5) is 0 Å². The van der Waals surface area contributed by atoms with Gasteiger partial charge in [-0.05, 0) is 35.0 Å². The Bertz CT molecular complexity index is 848. The molecule has 0 amide bonds. The van der Waals surface area contributed by atoms with Crippen molar-refractivity contribution in [2.24, 2.45) is 0 Å². The van der Waals surface area contributed by atoms with Crippen LogP contribution in [0.3, 0.4) is 0 Å². The summed E-state index contributed by atoms with van der Waals surface area (Å²) < 4.78 is 5.62. The number of fused-ring (bicyclic) bond motifs is 1. The molecule has 0 spiro atoms. The first-order valence-corrected chi connectivity index (χ1v) is 6.53. The summed E-state index contributed by atoms with van der Waals surface area (Å²) in [6, 6.07) is 11.7. The Hall–Kier alpha value is -2.99. The van der Waals surface area contributed by atoms with Crippen LogP contribution < -0.4 is 4.74 Å². The minimum absolute atomic E-state index is 0.196. The maximum atomic E-state index is 11.2. The molecule has 0 atom stereocenters. The van der Waals surface area contributed by atoms with Crippen LogP contribution in [0.5, 0.6) is 11.6 Å². The molecule has 3 rings (SSSR count). The predicted octanol–water partition coefficient (Wildman–Crippen LogP) is 2.61. The lowest BCUT2D eigenvalue weighted by Gasteiger charge is -2.08. The number of aromatic carboxylic acids is 1. The molecule has 0 aliphatic rings. The zero-order valence-corrected chi connectivity index (χ0v) is 11.4. The van der Waals surface area contributed by atoms with Crippen molar-refractivity contribution in [3.8, 4) is 11.6 Å². The highest BCUT2D eigenvalue weighted by molar-refractivity contribution is 6.03. The SMILES string of the molecule is O=C(O)c1cccc2cc(Oc3cc(CO)ncn3)ccc12. The molecule has 6 nitrogen and oxygen atoms in total. The molecule has 0 fully saturated rings. The van der Waals surface area contributed by atoms with Crippen molar-refractivity contribution >= 4 is 16.7 Å². The third kappa shape index (κ3) is 2.72. The van der Waals surface area contributed by atoms with E-state index in [0.717, 1.165) is 5.39 Å². The van der Waals surface area contributed by atoms with Crippen molar-refractivity contribution in [3.05, 3.63) is 60.0 Å². The second-order valence-corrected chi connectivity index (χ2v) is 4.60. The van der Waals surface area contributed by atoms with Gasteiger partial charge in [0.25, 0.3) is 0 Å². The van der Waals surface area contributed by atoms with Crippen LogP contribution in [-0.2, 0) is 6.61 Å². The van der Waals surface area contributed by atoms with E-state index in [1.807, 2.05) is 6.07 Å². The van der Waals surface area contributed by atoms with Crippen LogP contribution in [-0.4, -0.2) is 26.2 Å². The summed E-state index contributed by atoms with van der Waals surface area (Å²) in [6.07, 6.45) is 1.31. The molecular weight excluding hydrogens is 284 g/mol. The molecule has 6 heteroatoms. The van der Waals surface area contributed by atoms with Gasteiger partial charge in [0.1, 0.15) is 12.1 Å². The van der Waals surface area contributed by atoms with Gasteiger partial charge in [-0.2, -0.15) is 0 Å². The average molecular weight is 296 g/mol. The van der Waals surface area contributed by atoms with Gasteiger partial charge in [0.05, 0.1) is 17.9 Å². The number of aromatic nitrogens is 2. The summed E-state index contributed by atoms with van der Waals surface area (Å²) >= 11 is 0. The van der Waals surface area contributed by atoms with Crippen molar-refractivity contribution in [1.29, 1.82) is 0 Å². The average Bonchev–Trinajstić information content (AvgIpc) is 2.54. The maximum absolute atomic E-state index is 11.2. The number of rotatable bonds is 4. The molecule has 0 aliphatic carbocycles. The Labute approximate surface area is 125 Å². The molecule has 22 heavy (non-hydrogen) atoms. The molecule has 0 unspecified atom stereocenters. The number of aliphatic hydroxyl groups excluding tert-OH is 1. The Kier molecular flexibility index (Phi) is 3.67. The molecule has 0 radical (unpaired) electrons. The highest BCUT2D eigenvalue weighted by Gasteiger charge is 2.09. The number of nitrogens with zero attached hydrogens (tertiary/aromatic N) is 2. The van der Waals surface area contributed by atoms with Gasteiger partial charge in [0.2, 0.25) is 5.88 Å². The topological polar surface area (TPSA) is 92.5 Å². The molecule has 0 saturated carbocycles. The van der Waals surface area contributed by atoms with Crippen molar-refractivity contribution in [3.63, 3.8) is 0 Å². The maximum Gasteiger partial charge on any atom is 0.336 e. The Balaban J connectivity index is 1.97. The van der Waals surface area contributed by atoms with Crippen LogP contribution >= 0.6 is 0 Å². The minimum Gasteiger partial charge on any atom is -0.478 e. The van der Waals surface area contributed by atoms with Gasteiger partial charge in [-0.15, -0.1) is 0 Å². The van der Waals surface area contributed by atoms with Gasteiger partial charge < -0.3 is 14.9 Å². The predicted molar refractivity (Wildman–Crippen MR) is 78.9 cm³/mol. The number of carboxylic acid groups (broad SMARTS) is 1. The summed E-state index contributed by atoms with van der Waals surface area (Å²) in [4.78, 5) is 19.0. The molecule has 0 saturated heterocycles. The Morgan fingerprint density at radius 1 is 1.14 bits per heavy atom. The molecule has 2 N–H and O–H groups in total. The molecule has 1 aromatic heterocycles. The largest absolute Gasteiger partial charge is 0.478 e. The highest BCUT2D eigenvalue weighted by atomic mass is 16.5. The van der Waals surface area contributed by atoms with E-state index in [2.05, 4.69) is 9.97 Å². The standard InChI is InChI=1S/C16H12N2O4/c19-8-11-7-15(18-9-17-11)22-12-4-5-13-10(6-12)2-1-3-14(13)16(20)21/h1-7,9,19H,8H2,(H,20,21). The number of ether oxygens (including phenoxy) is 1. The lowest BCUT2D eigenvalue weighted by Crippen LogP contribution is -1.97. The molecule has 0 aliphatic heterocycles. The van der Waals surface area contributed by atoms with Crippen LogP contribution in [0.15, 0.2) is 48.8 Å². The summed E-state index contributed by atoms with van der Waals surface area (Å²) in [5.41, 5.74) is 0.701. The zero-order valence-electron chi connectivity index (χ0n) is 11.4. The van der Waals surface area contributed by atoms with E-state index >= 15 is 0 Å². The minimum atomic E-state index is -0.970. The molecular formula is C16H12N2O4. The van der Waals surface area contributed by atoms with E-state index in [9.17, 15) is 9.90 Å². The molecule has 110 valence electrons. The van der Waals surface area contributed by atoms with Crippen LogP contribution in [0.1, 0.15) is 16.1 Å². The summed E-state index contributed by atoms with van der Waals surface area (Å²) in [5, 5.41) is 19.6. The highest BCUT2D eigenvalue weighted by Crippen LogP contribution is 2.26. The smallest absolute Gasteiger partial charge is 0.336 e. The number of carbonyl (C=O) groups is 1. The normalized spacial score (nSPS) is 10.6. The van der Waals surface area contributed by atoms with E-state index in [4.69, 9.17) is 9.84 Å². The van der Waals surface area contributed by atoms with Crippen molar-refractivity contribution in [2.75, 3.05) is 0 Å². The lowest BCUT2D eigenvalue weighted by molar-refractivity contribution is 0.0699. The zero-order chi connectivity index (χ0) is 15.5. The molecule has 1 heterocycles. The second kappa shape index (κ2) is 5.79. The third-order valence-electron chi connectivity index (χ3n) is 3.17. The van der Waals surface area contributed by atoms with Crippen LogP contribution in [0, 0.1) is 0 Å². The van der Waals surface area contributed by atoms with E-state index in [-0.39, 0.29) is 12.2 Å². The first kappa shape index (κ1) is 14.0. The quantitative estimate of drug-likeness (QED) is 0.768. The molecule has 2 aromatic carbocycles. The fourth-order valence-electron chi connectivity index (χ4n) is 2.15. The number of hydrogen-bond donors (Lipinski definition) is 2. The van der Waals surface area contributed by atoms with Gasteiger partial charge in [-0.3, -0.25) is 0 Å². The molecule has 3 aromatic rings. The van der Waals surface area contributed by atoms with E-state index in [0.29, 0.717) is 22.7 Å². The van der Waals surface area contributed by atoms with E-state index in [1.54, 1.807) is 30.3 Å². The summed E-state index contributed by atoms with van der Waals surface area (Å²) in [6.45, 7) is -0.196. The molecule has 0 bridgehead atoms. The van der Waals surface area contributed by atoms with Crippen molar-refractivity contribution in [2.45, 2.75) is 6.61 Å². The van der Waals surface area contributed by atoms with Crippen molar-refractivity contribution in [1.82, 2.24) is 9.97 Å².